The van der Waals surface area contributed by atoms with E-state index < -0.39 is 4.92 Å². The third kappa shape index (κ3) is 5.86. The maximum Gasteiger partial charge on any atom is 0.271 e. The average molecular weight is 422 g/mol. The standard InChI is InChI=1S/C19H23N5O4.ClH/c1-28-18-5-4-15(24(26)27)11-16(18)22-19(25)6-9-23-10-8-21-13-17(23)14-3-2-7-20-12-14;/h2-5,7,11-12,17,21H,6,8-10,13H2,1H3,(H,22,25);1H. The Labute approximate surface area is 175 Å². The molecule has 3 rings (SSSR count). The average Bonchev–Trinajstić information content (AvgIpc) is 2.73. The molecule has 29 heavy (non-hydrogen) atoms. The Hall–Kier alpha value is -2.75. The van der Waals surface area contributed by atoms with Crippen LogP contribution < -0.4 is 15.4 Å². The van der Waals surface area contributed by atoms with E-state index in [9.17, 15) is 14.9 Å². The smallest absolute Gasteiger partial charge is 0.271 e. The van der Waals surface area contributed by atoms with Crippen LogP contribution in [-0.4, -0.2) is 54.0 Å². The molecule has 2 N–H and O–H groups in total. The van der Waals surface area contributed by atoms with Crippen molar-refractivity contribution in [2.45, 2.75) is 12.5 Å². The van der Waals surface area contributed by atoms with Crippen molar-refractivity contribution >= 4 is 29.7 Å². The van der Waals surface area contributed by atoms with Crippen molar-refractivity contribution in [3.8, 4) is 5.75 Å². The molecule has 1 atom stereocenters. The number of hydrogen-bond donors (Lipinski definition) is 2. The van der Waals surface area contributed by atoms with Gasteiger partial charge in [0.05, 0.1) is 17.7 Å². The number of benzene rings is 1. The number of pyridine rings is 1. The van der Waals surface area contributed by atoms with Gasteiger partial charge in [0, 0.05) is 63.2 Å². The number of anilines is 1. The fraction of sp³-hybridized carbons (Fsp3) is 0.368. The van der Waals surface area contributed by atoms with Crippen LogP contribution in [0, 0.1) is 10.1 Å². The van der Waals surface area contributed by atoms with Crippen molar-refractivity contribution in [2.75, 3.05) is 38.6 Å². The van der Waals surface area contributed by atoms with Crippen LogP contribution in [0.2, 0.25) is 0 Å². The van der Waals surface area contributed by atoms with Crippen LogP contribution in [0.4, 0.5) is 11.4 Å². The van der Waals surface area contributed by atoms with E-state index in [0.29, 0.717) is 18.0 Å². The normalized spacial score (nSPS) is 16.5. The predicted octanol–water partition coefficient (Wildman–Crippen LogP) is 2.40. The molecule has 1 aromatic carbocycles. The van der Waals surface area contributed by atoms with Crippen molar-refractivity contribution in [3.63, 3.8) is 0 Å². The van der Waals surface area contributed by atoms with Gasteiger partial charge in [-0.05, 0) is 17.7 Å². The van der Waals surface area contributed by atoms with Gasteiger partial charge in [-0.15, -0.1) is 12.4 Å². The van der Waals surface area contributed by atoms with Crippen molar-refractivity contribution in [1.29, 1.82) is 0 Å². The number of piperazine rings is 1. The van der Waals surface area contributed by atoms with Crippen LogP contribution in [0.3, 0.4) is 0 Å². The summed E-state index contributed by atoms with van der Waals surface area (Å²) in [5, 5.41) is 17.1. The molecule has 0 aliphatic carbocycles. The highest BCUT2D eigenvalue weighted by Gasteiger charge is 2.24. The number of nitrogens with zero attached hydrogens (tertiary/aromatic N) is 3. The van der Waals surface area contributed by atoms with Gasteiger partial charge in [-0.1, -0.05) is 6.07 Å². The summed E-state index contributed by atoms with van der Waals surface area (Å²) in [6, 6.07) is 8.22. The van der Waals surface area contributed by atoms with E-state index in [-0.39, 0.29) is 36.5 Å². The number of nitro groups is 1. The number of hydrogen-bond acceptors (Lipinski definition) is 7. The number of methoxy groups -OCH3 is 1. The molecule has 10 heteroatoms. The molecule has 0 saturated carbocycles. The first-order chi connectivity index (χ1) is 13.6. The maximum atomic E-state index is 12.5. The van der Waals surface area contributed by atoms with E-state index in [0.717, 1.165) is 25.2 Å². The van der Waals surface area contributed by atoms with Crippen LogP contribution in [0.5, 0.6) is 5.75 Å². The summed E-state index contributed by atoms with van der Waals surface area (Å²) in [4.78, 5) is 29.4. The first-order valence-electron chi connectivity index (χ1n) is 9.05. The molecule has 9 nitrogen and oxygen atoms in total. The van der Waals surface area contributed by atoms with Crippen molar-refractivity contribution < 1.29 is 14.5 Å². The van der Waals surface area contributed by atoms with E-state index in [1.54, 1.807) is 6.20 Å². The number of halogens is 1. The lowest BCUT2D eigenvalue weighted by molar-refractivity contribution is -0.384. The van der Waals surface area contributed by atoms with Gasteiger partial charge in [-0.25, -0.2) is 0 Å². The zero-order chi connectivity index (χ0) is 19.9. The molecule has 0 radical (unpaired) electrons. The van der Waals surface area contributed by atoms with Crippen molar-refractivity contribution in [3.05, 3.63) is 58.4 Å². The molecular weight excluding hydrogens is 398 g/mol. The quantitative estimate of drug-likeness (QED) is 0.521. The second kappa shape index (κ2) is 10.7. The Kier molecular flexibility index (Phi) is 8.32. The molecule has 1 saturated heterocycles. The van der Waals surface area contributed by atoms with Gasteiger partial charge in [0.15, 0.2) is 0 Å². The first kappa shape index (κ1) is 22.5. The summed E-state index contributed by atoms with van der Waals surface area (Å²) >= 11 is 0. The fourth-order valence-corrected chi connectivity index (χ4v) is 3.28. The van der Waals surface area contributed by atoms with Crippen molar-refractivity contribution in [1.82, 2.24) is 15.2 Å². The topological polar surface area (TPSA) is 110 Å². The van der Waals surface area contributed by atoms with Crippen molar-refractivity contribution in [2.24, 2.45) is 0 Å². The molecule has 0 spiro atoms. The number of nitro benzene ring substituents is 1. The molecular formula is C19H24ClN5O4. The zero-order valence-electron chi connectivity index (χ0n) is 16.0. The number of aromatic nitrogens is 1. The van der Waals surface area contributed by atoms with Gasteiger partial charge in [0.1, 0.15) is 5.75 Å². The molecule has 1 unspecified atom stereocenters. The molecule has 2 aromatic rings. The fourth-order valence-electron chi connectivity index (χ4n) is 3.28. The number of rotatable bonds is 7. The van der Waals surface area contributed by atoms with Crippen LogP contribution in [0.25, 0.3) is 0 Å². The molecule has 1 amide bonds. The van der Waals surface area contributed by atoms with Crippen LogP contribution in [0.1, 0.15) is 18.0 Å². The Morgan fingerprint density at radius 2 is 2.28 bits per heavy atom. The van der Waals surface area contributed by atoms with Gasteiger partial charge >= 0.3 is 0 Å². The third-order valence-electron chi connectivity index (χ3n) is 4.72. The molecule has 0 bridgehead atoms. The van der Waals surface area contributed by atoms with Gasteiger partial charge in [0.25, 0.3) is 5.69 Å². The number of non-ortho nitro benzene ring substituents is 1. The second-order valence-electron chi connectivity index (χ2n) is 6.48. The number of ether oxygens (including phenoxy) is 1. The van der Waals surface area contributed by atoms with E-state index in [4.69, 9.17) is 4.74 Å². The summed E-state index contributed by atoms with van der Waals surface area (Å²) in [5.74, 6) is 0.164. The number of amides is 1. The Bertz CT molecular complexity index is 837. The summed E-state index contributed by atoms with van der Waals surface area (Å²) in [7, 11) is 1.45. The predicted molar refractivity (Wildman–Crippen MR) is 112 cm³/mol. The minimum atomic E-state index is -0.506. The highest BCUT2D eigenvalue weighted by molar-refractivity contribution is 5.92. The number of nitrogens with one attached hydrogen (secondary N) is 2. The molecule has 1 aliphatic rings. The molecule has 1 fully saturated rings. The van der Waals surface area contributed by atoms with Crippen LogP contribution in [0.15, 0.2) is 42.7 Å². The third-order valence-corrected chi connectivity index (χ3v) is 4.72. The van der Waals surface area contributed by atoms with Gasteiger partial charge in [-0.3, -0.25) is 24.8 Å². The lowest BCUT2D eigenvalue weighted by Gasteiger charge is -2.36. The van der Waals surface area contributed by atoms with E-state index in [1.807, 2.05) is 18.3 Å². The molecule has 2 heterocycles. The summed E-state index contributed by atoms with van der Waals surface area (Å²) in [5.41, 5.74) is 1.30. The van der Waals surface area contributed by atoms with Gasteiger partial charge < -0.3 is 15.4 Å². The highest BCUT2D eigenvalue weighted by atomic mass is 35.5. The van der Waals surface area contributed by atoms with Gasteiger partial charge in [-0.2, -0.15) is 0 Å². The molecule has 1 aliphatic heterocycles. The SMILES string of the molecule is COc1ccc([N+](=O)[O-])cc1NC(=O)CCN1CCNCC1c1cccnc1.Cl. The second-order valence-corrected chi connectivity index (χ2v) is 6.48. The maximum absolute atomic E-state index is 12.5. The monoisotopic (exact) mass is 421 g/mol. The Morgan fingerprint density at radius 1 is 1.45 bits per heavy atom. The first-order valence-corrected chi connectivity index (χ1v) is 9.05. The minimum absolute atomic E-state index is 0. The van der Waals surface area contributed by atoms with E-state index in [1.165, 1.54) is 25.3 Å². The summed E-state index contributed by atoms with van der Waals surface area (Å²) in [6.45, 7) is 3.06. The summed E-state index contributed by atoms with van der Waals surface area (Å²) in [6.07, 6.45) is 3.85. The van der Waals surface area contributed by atoms with Crippen LogP contribution in [-0.2, 0) is 4.79 Å². The highest BCUT2D eigenvalue weighted by Crippen LogP contribution is 2.29. The zero-order valence-corrected chi connectivity index (χ0v) is 16.9. The lowest BCUT2D eigenvalue weighted by Crippen LogP contribution is -2.46. The van der Waals surface area contributed by atoms with Crippen LogP contribution >= 0.6 is 12.4 Å². The van der Waals surface area contributed by atoms with E-state index >= 15 is 0 Å². The van der Waals surface area contributed by atoms with Gasteiger partial charge in [0.2, 0.25) is 5.91 Å². The Morgan fingerprint density at radius 3 is 2.97 bits per heavy atom. The lowest BCUT2D eigenvalue weighted by atomic mass is 10.1. The number of carbonyl (C=O) groups is 1. The molecule has 1 aromatic heterocycles. The minimum Gasteiger partial charge on any atom is -0.495 e. The number of carbonyl (C=O) groups excluding carboxylic acids is 1. The van der Waals surface area contributed by atoms with E-state index in [2.05, 4.69) is 20.5 Å². The largest absolute Gasteiger partial charge is 0.495 e. The summed E-state index contributed by atoms with van der Waals surface area (Å²) < 4.78 is 5.19. The Balaban J connectivity index is 0.00000300. The molecule has 156 valence electrons.